The number of rotatable bonds is 14. The predicted molar refractivity (Wildman–Crippen MR) is 132 cm³/mol. The number of carbonyl (C=O) groups excluding carboxylic acids is 3. The number of halogens is 1. The minimum Gasteiger partial charge on any atom is -0.330 e. The second-order valence-corrected chi connectivity index (χ2v) is 9.80. The van der Waals surface area contributed by atoms with Gasteiger partial charge < -0.3 is 9.80 Å². The van der Waals surface area contributed by atoms with Crippen LogP contribution in [0.2, 0.25) is 5.02 Å². The van der Waals surface area contributed by atoms with Crippen molar-refractivity contribution in [1.29, 1.82) is 0 Å². The fourth-order valence-electron chi connectivity index (χ4n) is 4.37. The molecule has 1 aromatic rings. The number of hydrogen-bond donors (Lipinski definition) is 0. The van der Waals surface area contributed by atoms with Crippen molar-refractivity contribution in [1.82, 2.24) is 9.80 Å². The van der Waals surface area contributed by atoms with Crippen LogP contribution in [-0.2, 0) is 14.4 Å². The van der Waals surface area contributed by atoms with Crippen molar-refractivity contribution >= 4 is 35.0 Å². The number of nitrogens with zero attached hydrogens (tertiary/aromatic N) is 3. The van der Waals surface area contributed by atoms with Gasteiger partial charge in [-0.1, -0.05) is 76.0 Å². The van der Waals surface area contributed by atoms with E-state index < -0.39 is 0 Å². The van der Waals surface area contributed by atoms with E-state index in [4.69, 9.17) is 11.6 Å². The van der Waals surface area contributed by atoms with Gasteiger partial charge in [0.1, 0.15) is 19.8 Å². The van der Waals surface area contributed by atoms with E-state index in [1.165, 1.54) is 49.8 Å². The Bertz CT molecular complexity index is 812. The fourth-order valence-corrected chi connectivity index (χ4v) is 4.55. The Morgan fingerprint density at radius 2 is 1.70 bits per heavy atom. The lowest BCUT2D eigenvalue weighted by atomic mass is 10.1. The van der Waals surface area contributed by atoms with Gasteiger partial charge in [0.05, 0.1) is 0 Å². The third-order valence-electron chi connectivity index (χ3n) is 6.52. The Morgan fingerprint density at radius 1 is 1.03 bits per heavy atom. The maximum atomic E-state index is 12.9. The van der Waals surface area contributed by atoms with E-state index in [2.05, 4.69) is 6.92 Å². The largest absolute Gasteiger partial charge is 0.330 e. The van der Waals surface area contributed by atoms with Crippen molar-refractivity contribution in [3.8, 4) is 0 Å². The first kappa shape index (κ1) is 25.5. The van der Waals surface area contributed by atoms with E-state index in [-0.39, 0.29) is 43.5 Å². The fraction of sp³-hybridized carbons (Fsp3) is 0.654. The molecule has 1 aliphatic heterocycles. The quantitative estimate of drug-likeness (QED) is 0.339. The number of benzene rings is 1. The summed E-state index contributed by atoms with van der Waals surface area (Å²) < 4.78 is 0. The summed E-state index contributed by atoms with van der Waals surface area (Å²) in [4.78, 5) is 43.1. The number of unbranched alkanes of at least 4 members (excludes halogenated alkanes) is 8. The summed E-state index contributed by atoms with van der Waals surface area (Å²) in [7, 11) is 0. The van der Waals surface area contributed by atoms with E-state index in [9.17, 15) is 14.4 Å². The topological polar surface area (TPSA) is 60.9 Å². The van der Waals surface area contributed by atoms with E-state index in [0.29, 0.717) is 17.1 Å². The lowest BCUT2D eigenvalue weighted by Gasteiger charge is -2.25. The van der Waals surface area contributed by atoms with Gasteiger partial charge in [0, 0.05) is 23.2 Å². The van der Waals surface area contributed by atoms with Gasteiger partial charge in [-0.3, -0.25) is 19.3 Å². The maximum absolute atomic E-state index is 12.9. The Balaban J connectivity index is 1.41. The summed E-state index contributed by atoms with van der Waals surface area (Å²) in [6.45, 7) is 2.53. The van der Waals surface area contributed by atoms with Gasteiger partial charge in [0.2, 0.25) is 17.7 Å². The molecule has 0 N–H and O–H groups in total. The van der Waals surface area contributed by atoms with Crippen LogP contribution in [0.25, 0.3) is 0 Å². The molecule has 182 valence electrons. The number of anilines is 1. The van der Waals surface area contributed by atoms with E-state index in [1.807, 2.05) is 6.07 Å². The summed E-state index contributed by atoms with van der Waals surface area (Å²) in [5, 5.41) is 0.548. The first-order valence-corrected chi connectivity index (χ1v) is 13.0. The molecule has 2 fully saturated rings. The minimum atomic E-state index is -0.166. The SMILES string of the molecule is CCCCCCCCCCCC(=O)N(CC(=O)N1CC(=O)N(c2cccc(Cl)c2)C1)C1CC1. The van der Waals surface area contributed by atoms with Crippen molar-refractivity contribution < 1.29 is 14.4 Å². The van der Waals surface area contributed by atoms with E-state index >= 15 is 0 Å². The second kappa shape index (κ2) is 13.0. The van der Waals surface area contributed by atoms with Crippen molar-refractivity contribution in [2.24, 2.45) is 0 Å². The van der Waals surface area contributed by atoms with Gasteiger partial charge in [-0.2, -0.15) is 0 Å². The normalized spacial score (nSPS) is 15.9. The van der Waals surface area contributed by atoms with E-state index in [0.717, 1.165) is 25.7 Å². The van der Waals surface area contributed by atoms with Gasteiger partial charge in [0.15, 0.2) is 0 Å². The zero-order valence-electron chi connectivity index (χ0n) is 19.9. The van der Waals surface area contributed by atoms with Gasteiger partial charge in [-0.15, -0.1) is 0 Å². The molecule has 2 aliphatic rings. The molecule has 0 atom stereocenters. The molecule has 1 heterocycles. The number of hydrogen-bond acceptors (Lipinski definition) is 3. The van der Waals surface area contributed by atoms with Gasteiger partial charge in [-0.25, -0.2) is 0 Å². The monoisotopic (exact) mass is 475 g/mol. The Kier molecular flexibility index (Phi) is 10.0. The Labute approximate surface area is 203 Å². The minimum absolute atomic E-state index is 0.0380. The van der Waals surface area contributed by atoms with Crippen molar-refractivity contribution in [2.45, 2.75) is 90.0 Å². The number of amides is 3. The maximum Gasteiger partial charge on any atom is 0.248 e. The highest BCUT2D eigenvalue weighted by molar-refractivity contribution is 6.31. The Morgan fingerprint density at radius 3 is 2.33 bits per heavy atom. The standard InChI is InChI=1S/C26H38ClN3O3/c1-2-3-4-5-6-7-8-9-10-14-24(31)29(22-15-16-22)19-25(32)28-18-26(33)30(20-28)23-13-11-12-21(27)17-23/h11-13,17,22H,2-10,14-16,18-20H2,1H3. The van der Waals surface area contributed by atoms with Gasteiger partial charge in [0.25, 0.3) is 0 Å². The highest BCUT2D eigenvalue weighted by Crippen LogP contribution is 2.28. The molecule has 0 unspecified atom stereocenters. The average molecular weight is 476 g/mol. The summed E-state index contributed by atoms with van der Waals surface area (Å²) in [6, 6.07) is 7.25. The van der Waals surface area contributed by atoms with Crippen LogP contribution < -0.4 is 4.90 Å². The molecule has 0 radical (unpaired) electrons. The molecule has 3 rings (SSSR count). The van der Waals surface area contributed by atoms with Crippen LogP contribution in [0.5, 0.6) is 0 Å². The molecular weight excluding hydrogens is 438 g/mol. The third-order valence-corrected chi connectivity index (χ3v) is 6.75. The molecular formula is C26H38ClN3O3. The van der Waals surface area contributed by atoms with Crippen LogP contribution in [-0.4, -0.2) is 53.3 Å². The third kappa shape index (κ3) is 8.02. The zero-order chi connectivity index (χ0) is 23.6. The summed E-state index contributed by atoms with van der Waals surface area (Å²) >= 11 is 6.05. The molecule has 7 heteroatoms. The van der Waals surface area contributed by atoms with Gasteiger partial charge in [-0.05, 0) is 37.5 Å². The highest BCUT2D eigenvalue weighted by atomic mass is 35.5. The van der Waals surface area contributed by atoms with Crippen molar-refractivity contribution in [2.75, 3.05) is 24.7 Å². The molecule has 3 amide bonds. The first-order valence-electron chi connectivity index (χ1n) is 12.6. The molecule has 33 heavy (non-hydrogen) atoms. The smallest absolute Gasteiger partial charge is 0.248 e. The molecule has 0 aromatic heterocycles. The Hall–Kier alpha value is -2.08. The molecule has 1 saturated carbocycles. The lowest BCUT2D eigenvalue weighted by molar-refractivity contribution is -0.140. The highest BCUT2D eigenvalue weighted by Gasteiger charge is 2.37. The molecule has 0 spiro atoms. The van der Waals surface area contributed by atoms with Crippen LogP contribution in [0, 0.1) is 0 Å². The summed E-state index contributed by atoms with van der Waals surface area (Å²) in [5.41, 5.74) is 0.684. The molecule has 0 bridgehead atoms. The number of carbonyl (C=O) groups is 3. The average Bonchev–Trinajstić information content (AvgIpc) is 3.56. The van der Waals surface area contributed by atoms with Crippen LogP contribution in [0.15, 0.2) is 24.3 Å². The van der Waals surface area contributed by atoms with Crippen LogP contribution in [0.1, 0.15) is 84.0 Å². The lowest BCUT2D eigenvalue weighted by Crippen LogP contribution is -2.43. The van der Waals surface area contributed by atoms with Gasteiger partial charge >= 0.3 is 0 Å². The van der Waals surface area contributed by atoms with Crippen LogP contribution in [0.3, 0.4) is 0 Å². The first-order chi connectivity index (χ1) is 16.0. The molecule has 6 nitrogen and oxygen atoms in total. The predicted octanol–water partition coefficient (Wildman–Crippen LogP) is 5.38. The zero-order valence-corrected chi connectivity index (χ0v) is 20.7. The second-order valence-electron chi connectivity index (χ2n) is 9.37. The van der Waals surface area contributed by atoms with Crippen LogP contribution >= 0.6 is 11.6 Å². The molecule has 1 saturated heterocycles. The summed E-state index contributed by atoms with van der Waals surface area (Å²) in [5.74, 6) is -0.226. The van der Waals surface area contributed by atoms with Crippen LogP contribution in [0.4, 0.5) is 5.69 Å². The summed E-state index contributed by atoms with van der Waals surface area (Å²) in [6.07, 6.45) is 13.4. The molecule has 1 aromatic carbocycles. The van der Waals surface area contributed by atoms with Crippen molar-refractivity contribution in [3.63, 3.8) is 0 Å². The molecule has 1 aliphatic carbocycles. The van der Waals surface area contributed by atoms with E-state index in [1.54, 1.807) is 28.0 Å². The van der Waals surface area contributed by atoms with Crippen molar-refractivity contribution in [3.05, 3.63) is 29.3 Å².